The van der Waals surface area contributed by atoms with Crippen molar-refractivity contribution in [2.75, 3.05) is 6.54 Å². The molecule has 0 fully saturated rings. The number of fused-ring (bicyclic) bond motifs is 1. The van der Waals surface area contributed by atoms with E-state index in [2.05, 4.69) is 11.7 Å². The number of rotatable bonds is 2. The van der Waals surface area contributed by atoms with Crippen molar-refractivity contribution in [3.8, 4) is 0 Å². The Bertz CT molecular complexity index is 861. The molecule has 4 nitrogen and oxygen atoms in total. The van der Waals surface area contributed by atoms with Crippen LogP contribution in [0.1, 0.15) is 36.0 Å². The molecule has 0 unspecified atom stereocenters. The van der Waals surface area contributed by atoms with Crippen LogP contribution in [0.5, 0.6) is 0 Å². The molecule has 2 aromatic rings. The topological polar surface area (TPSA) is 49.7 Å². The molecule has 0 radical (unpaired) electrons. The standard InChI is InChI=1S/C17H14Cl2N2O2S/c1-9-3-4-13(24-9)17(23)21-6-5-11-10(8-21)7-12(18)14(15(11)19)16(22)20-2/h3-4,7H,2,5-6,8H2,1H3. The van der Waals surface area contributed by atoms with E-state index in [-0.39, 0.29) is 16.5 Å². The van der Waals surface area contributed by atoms with Crippen molar-refractivity contribution >= 4 is 53.1 Å². The molecule has 2 heterocycles. The van der Waals surface area contributed by atoms with E-state index in [9.17, 15) is 9.59 Å². The third-order valence-corrected chi connectivity index (χ3v) is 5.70. The van der Waals surface area contributed by atoms with E-state index in [0.717, 1.165) is 20.9 Å². The van der Waals surface area contributed by atoms with Crippen LogP contribution in [-0.2, 0) is 13.0 Å². The Morgan fingerprint density at radius 2 is 2.08 bits per heavy atom. The minimum Gasteiger partial charge on any atom is -0.333 e. The van der Waals surface area contributed by atoms with Crippen molar-refractivity contribution in [3.63, 3.8) is 0 Å². The van der Waals surface area contributed by atoms with Crippen LogP contribution in [0, 0.1) is 6.92 Å². The van der Waals surface area contributed by atoms with Gasteiger partial charge in [-0.05, 0) is 49.4 Å². The maximum Gasteiger partial charge on any atom is 0.279 e. The summed E-state index contributed by atoms with van der Waals surface area (Å²) in [4.78, 5) is 31.4. The number of hydrogen-bond donors (Lipinski definition) is 0. The van der Waals surface area contributed by atoms with Gasteiger partial charge in [0, 0.05) is 18.0 Å². The second-order valence-electron chi connectivity index (χ2n) is 5.54. The van der Waals surface area contributed by atoms with Crippen molar-refractivity contribution in [3.05, 3.63) is 54.7 Å². The van der Waals surface area contributed by atoms with Crippen molar-refractivity contribution in [1.82, 2.24) is 4.90 Å². The van der Waals surface area contributed by atoms with Crippen molar-refractivity contribution in [2.45, 2.75) is 19.9 Å². The molecule has 1 aromatic heterocycles. The zero-order chi connectivity index (χ0) is 17.4. The fourth-order valence-electron chi connectivity index (χ4n) is 2.81. The number of aliphatic imine (C=N–C) groups is 1. The Labute approximate surface area is 153 Å². The summed E-state index contributed by atoms with van der Waals surface area (Å²) in [7, 11) is 0. The van der Waals surface area contributed by atoms with Gasteiger partial charge < -0.3 is 4.90 Å². The first-order valence-electron chi connectivity index (χ1n) is 7.29. The quantitative estimate of drug-likeness (QED) is 0.724. The molecule has 7 heteroatoms. The first kappa shape index (κ1) is 17.1. The zero-order valence-corrected chi connectivity index (χ0v) is 15.3. The van der Waals surface area contributed by atoms with Gasteiger partial charge in [0.2, 0.25) is 0 Å². The average Bonchev–Trinajstić information content (AvgIpc) is 2.99. The first-order chi connectivity index (χ1) is 11.4. The summed E-state index contributed by atoms with van der Waals surface area (Å²) in [6, 6.07) is 5.47. The van der Waals surface area contributed by atoms with Crippen LogP contribution in [0.3, 0.4) is 0 Å². The lowest BCUT2D eigenvalue weighted by atomic mass is 9.96. The highest BCUT2D eigenvalue weighted by molar-refractivity contribution is 7.13. The number of nitrogens with zero attached hydrogens (tertiary/aromatic N) is 2. The van der Waals surface area contributed by atoms with E-state index in [1.54, 1.807) is 11.0 Å². The molecular formula is C17H14Cl2N2O2S. The molecule has 3 rings (SSSR count). The molecule has 1 aromatic carbocycles. The summed E-state index contributed by atoms with van der Waals surface area (Å²) in [5, 5.41) is 0.548. The maximum absolute atomic E-state index is 12.6. The molecule has 0 atom stereocenters. The molecule has 1 aliphatic rings. The first-order valence-corrected chi connectivity index (χ1v) is 8.86. The van der Waals surface area contributed by atoms with Gasteiger partial charge in [-0.1, -0.05) is 23.2 Å². The van der Waals surface area contributed by atoms with E-state index in [1.165, 1.54) is 11.3 Å². The number of thiophene rings is 1. The zero-order valence-electron chi connectivity index (χ0n) is 12.9. The second-order valence-corrected chi connectivity index (χ2v) is 7.61. The van der Waals surface area contributed by atoms with Gasteiger partial charge in [-0.15, -0.1) is 11.3 Å². The lowest BCUT2D eigenvalue weighted by Crippen LogP contribution is -2.35. The van der Waals surface area contributed by atoms with E-state index in [4.69, 9.17) is 23.2 Å². The van der Waals surface area contributed by atoms with Crippen molar-refractivity contribution in [2.24, 2.45) is 4.99 Å². The number of carbonyl (C=O) groups is 2. The summed E-state index contributed by atoms with van der Waals surface area (Å²) in [6.45, 7) is 6.16. The normalized spacial score (nSPS) is 13.5. The van der Waals surface area contributed by atoms with Gasteiger partial charge >= 0.3 is 0 Å². The third-order valence-electron chi connectivity index (χ3n) is 4.00. The highest BCUT2D eigenvalue weighted by atomic mass is 35.5. The Balaban J connectivity index is 1.93. The summed E-state index contributed by atoms with van der Waals surface area (Å²) in [5.41, 5.74) is 1.89. The molecule has 1 aliphatic heterocycles. The number of benzene rings is 1. The van der Waals surface area contributed by atoms with Crippen LogP contribution in [0.15, 0.2) is 23.2 Å². The molecule has 2 amide bonds. The lowest BCUT2D eigenvalue weighted by molar-refractivity contribution is 0.0739. The minimum atomic E-state index is -0.541. The van der Waals surface area contributed by atoms with Gasteiger partial charge in [0.05, 0.1) is 20.5 Å². The molecule has 0 saturated heterocycles. The smallest absolute Gasteiger partial charge is 0.279 e. The summed E-state index contributed by atoms with van der Waals surface area (Å²) >= 11 is 14.0. The highest BCUT2D eigenvalue weighted by Gasteiger charge is 2.27. The number of aryl methyl sites for hydroxylation is 1. The minimum absolute atomic E-state index is 0.00101. The Kier molecular flexibility index (Phi) is 4.76. The predicted molar refractivity (Wildman–Crippen MR) is 97.8 cm³/mol. The molecule has 0 spiro atoms. The lowest BCUT2D eigenvalue weighted by Gasteiger charge is -2.30. The third kappa shape index (κ3) is 2.99. The largest absolute Gasteiger partial charge is 0.333 e. The maximum atomic E-state index is 12.6. The molecule has 0 aliphatic carbocycles. The second kappa shape index (κ2) is 6.67. The molecule has 0 bridgehead atoms. The van der Waals surface area contributed by atoms with Crippen LogP contribution in [0.25, 0.3) is 0 Å². The Hall–Kier alpha value is -1.69. The predicted octanol–water partition coefficient (Wildman–Crippen LogP) is 4.40. The monoisotopic (exact) mass is 380 g/mol. The van der Waals surface area contributed by atoms with Crippen LogP contribution >= 0.6 is 34.5 Å². The van der Waals surface area contributed by atoms with Crippen LogP contribution in [0.4, 0.5) is 0 Å². The number of carbonyl (C=O) groups excluding carboxylic acids is 2. The van der Waals surface area contributed by atoms with Gasteiger partial charge in [-0.3, -0.25) is 9.59 Å². The number of hydrogen-bond acceptors (Lipinski definition) is 3. The Morgan fingerprint density at radius 3 is 2.71 bits per heavy atom. The summed E-state index contributed by atoms with van der Waals surface area (Å²) < 4.78 is 0. The molecule has 0 saturated carbocycles. The van der Waals surface area contributed by atoms with Gasteiger partial charge in [0.1, 0.15) is 0 Å². The van der Waals surface area contributed by atoms with Gasteiger partial charge in [-0.25, -0.2) is 4.99 Å². The summed E-state index contributed by atoms with van der Waals surface area (Å²) in [6.07, 6.45) is 0.568. The molecule has 0 N–H and O–H groups in total. The number of halogens is 2. The fraction of sp³-hybridized carbons (Fsp3) is 0.235. The van der Waals surface area contributed by atoms with E-state index in [0.29, 0.717) is 24.5 Å². The molecule has 124 valence electrons. The van der Waals surface area contributed by atoms with Gasteiger partial charge in [-0.2, -0.15) is 0 Å². The van der Waals surface area contributed by atoms with Crippen LogP contribution < -0.4 is 0 Å². The molecule has 24 heavy (non-hydrogen) atoms. The van der Waals surface area contributed by atoms with Gasteiger partial charge in [0.15, 0.2) is 0 Å². The van der Waals surface area contributed by atoms with Crippen molar-refractivity contribution in [1.29, 1.82) is 0 Å². The van der Waals surface area contributed by atoms with E-state index in [1.807, 2.05) is 19.1 Å². The summed E-state index contributed by atoms with van der Waals surface area (Å²) in [5.74, 6) is -0.542. The van der Waals surface area contributed by atoms with Gasteiger partial charge in [0.25, 0.3) is 11.8 Å². The van der Waals surface area contributed by atoms with E-state index >= 15 is 0 Å². The van der Waals surface area contributed by atoms with Crippen LogP contribution in [0.2, 0.25) is 10.0 Å². The highest BCUT2D eigenvalue weighted by Crippen LogP contribution is 2.35. The van der Waals surface area contributed by atoms with Crippen molar-refractivity contribution < 1.29 is 9.59 Å². The average molecular weight is 381 g/mol. The molecular weight excluding hydrogens is 367 g/mol. The van der Waals surface area contributed by atoms with Crippen LogP contribution in [-0.4, -0.2) is 30.0 Å². The number of amides is 2. The van der Waals surface area contributed by atoms with E-state index < -0.39 is 5.91 Å². The SMILES string of the molecule is C=NC(=O)c1c(Cl)cc2c(c1Cl)CCN(C(=O)c1ccc(C)s1)C2. The Morgan fingerprint density at radius 1 is 1.33 bits per heavy atom. The fourth-order valence-corrected chi connectivity index (χ4v) is 4.39.